The summed E-state index contributed by atoms with van der Waals surface area (Å²) >= 11 is 0. The van der Waals surface area contributed by atoms with E-state index >= 15 is 0 Å². The van der Waals surface area contributed by atoms with Crippen molar-refractivity contribution in [3.63, 3.8) is 0 Å². The van der Waals surface area contributed by atoms with E-state index in [1.165, 1.54) is 5.56 Å². The number of carbonyl (C=O) groups is 2. The van der Waals surface area contributed by atoms with Gasteiger partial charge in [-0.2, -0.15) is 0 Å². The van der Waals surface area contributed by atoms with Crippen LogP contribution in [0.4, 0.5) is 0 Å². The number of carbonyl (C=O) groups excluding carboxylic acids is 1. The third-order valence-electron chi connectivity index (χ3n) is 7.90. The molecule has 1 aliphatic rings. The largest absolute Gasteiger partial charge is 0.493 e. The molecule has 1 saturated carbocycles. The van der Waals surface area contributed by atoms with Crippen molar-refractivity contribution in [3.05, 3.63) is 59.2 Å². The van der Waals surface area contributed by atoms with Crippen molar-refractivity contribution < 1.29 is 24.2 Å². The van der Waals surface area contributed by atoms with Crippen LogP contribution in [0.25, 0.3) is 0 Å². The lowest BCUT2D eigenvalue weighted by Crippen LogP contribution is -2.50. The van der Waals surface area contributed by atoms with Crippen LogP contribution in [0.15, 0.2) is 42.5 Å². The minimum Gasteiger partial charge on any atom is -0.493 e. The lowest BCUT2D eigenvalue weighted by molar-refractivity contribution is -0.167. The van der Waals surface area contributed by atoms with E-state index in [1.807, 2.05) is 51.1 Å². The lowest BCUT2D eigenvalue weighted by atomic mass is 9.52. The highest BCUT2D eigenvalue weighted by molar-refractivity contribution is 5.89. The summed E-state index contributed by atoms with van der Waals surface area (Å²) < 4.78 is 11.8. The number of aliphatic carboxylic acids is 1. The Morgan fingerprint density at radius 3 is 2.05 bits per heavy atom. The topological polar surface area (TPSA) is 72.8 Å². The molecule has 0 saturated heterocycles. The van der Waals surface area contributed by atoms with Crippen LogP contribution in [0.5, 0.6) is 11.5 Å². The molecule has 202 valence electrons. The molecule has 2 atom stereocenters. The zero-order valence-electron chi connectivity index (χ0n) is 23.4. The first-order valence-corrected chi connectivity index (χ1v) is 13.7. The van der Waals surface area contributed by atoms with Gasteiger partial charge in [-0.25, -0.2) is 0 Å². The Morgan fingerprint density at radius 2 is 1.57 bits per heavy atom. The molecule has 2 aromatic rings. The molecule has 0 heterocycles. The zero-order chi connectivity index (χ0) is 27.2. The van der Waals surface area contributed by atoms with Gasteiger partial charge < -0.3 is 14.6 Å². The normalized spacial score (nSPS) is 17.4. The zero-order valence-corrected chi connectivity index (χ0v) is 23.4. The molecule has 1 unspecified atom stereocenters. The first kappa shape index (κ1) is 28.7. The number of carboxylic acid groups (broad SMARTS) is 1. The number of benzene rings is 2. The van der Waals surface area contributed by atoms with Gasteiger partial charge in [-0.3, -0.25) is 9.59 Å². The van der Waals surface area contributed by atoms with Crippen LogP contribution >= 0.6 is 0 Å². The number of ether oxygens (including phenoxy) is 2. The summed E-state index contributed by atoms with van der Waals surface area (Å²) in [4.78, 5) is 26.2. The lowest BCUT2D eigenvalue weighted by Gasteiger charge is -2.50. The second-order valence-electron chi connectivity index (χ2n) is 11.5. The molecule has 2 aromatic carbocycles. The SMILES string of the molecule is CCOc1cc([C@@H](C)C(CCCc2ccccc2)C(=O)CC2(C(=O)O)CC(C)(C)C2)cc(OCC)c1C. The highest BCUT2D eigenvalue weighted by Gasteiger charge is 2.55. The van der Waals surface area contributed by atoms with Gasteiger partial charge in [0.05, 0.1) is 18.6 Å². The Morgan fingerprint density at radius 1 is 1.00 bits per heavy atom. The van der Waals surface area contributed by atoms with Gasteiger partial charge in [0.25, 0.3) is 0 Å². The van der Waals surface area contributed by atoms with E-state index in [4.69, 9.17) is 9.47 Å². The van der Waals surface area contributed by atoms with Gasteiger partial charge in [0, 0.05) is 17.9 Å². The molecule has 0 bridgehead atoms. The fraction of sp³-hybridized carbons (Fsp3) is 0.562. The van der Waals surface area contributed by atoms with Crippen LogP contribution < -0.4 is 9.47 Å². The van der Waals surface area contributed by atoms with Crippen molar-refractivity contribution >= 4 is 11.8 Å². The summed E-state index contributed by atoms with van der Waals surface area (Å²) in [5, 5.41) is 10.1. The van der Waals surface area contributed by atoms with E-state index in [0.29, 0.717) is 32.5 Å². The summed E-state index contributed by atoms with van der Waals surface area (Å²) in [6, 6.07) is 14.4. The maximum absolute atomic E-state index is 13.9. The van der Waals surface area contributed by atoms with Gasteiger partial charge in [-0.1, -0.05) is 51.1 Å². The van der Waals surface area contributed by atoms with Crippen LogP contribution in [0.3, 0.4) is 0 Å². The number of aryl methyl sites for hydroxylation is 1. The van der Waals surface area contributed by atoms with Crippen molar-refractivity contribution in [2.75, 3.05) is 13.2 Å². The molecule has 0 amide bonds. The molecule has 1 aliphatic carbocycles. The smallest absolute Gasteiger partial charge is 0.310 e. The second-order valence-corrected chi connectivity index (χ2v) is 11.5. The molecule has 1 fully saturated rings. The quantitative estimate of drug-likeness (QED) is 0.288. The summed E-state index contributed by atoms with van der Waals surface area (Å²) in [6.45, 7) is 13.2. The van der Waals surface area contributed by atoms with Gasteiger partial charge in [0.2, 0.25) is 0 Å². The number of rotatable bonds is 14. The number of hydrogen-bond acceptors (Lipinski definition) is 4. The van der Waals surface area contributed by atoms with Crippen LogP contribution in [-0.2, 0) is 16.0 Å². The molecular formula is C32H44O5. The third-order valence-corrected chi connectivity index (χ3v) is 7.90. The van der Waals surface area contributed by atoms with Crippen LogP contribution in [0, 0.1) is 23.7 Å². The molecular weight excluding hydrogens is 464 g/mol. The van der Waals surface area contributed by atoms with Gasteiger partial charge in [0.1, 0.15) is 17.3 Å². The third kappa shape index (κ3) is 6.94. The van der Waals surface area contributed by atoms with E-state index in [2.05, 4.69) is 32.9 Å². The number of ketones is 1. The Bertz CT molecular complexity index is 1040. The molecule has 0 radical (unpaired) electrons. The first-order valence-electron chi connectivity index (χ1n) is 13.7. The fourth-order valence-corrected chi connectivity index (χ4v) is 6.25. The number of carboxylic acids is 1. The minimum absolute atomic E-state index is 0.0389. The van der Waals surface area contributed by atoms with E-state index in [9.17, 15) is 14.7 Å². The van der Waals surface area contributed by atoms with Gasteiger partial charge in [-0.15, -0.1) is 0 Å². The maximum Gasteiger partial charge on any atom is 0.310 e. The molecule has 3 rings (SSSR count). The van der Waals surface area contributed by atoms with Gasteiger partial charge in [-0.05, 0) is 87.5 Å². The average molecular weight is 509 g/mol. The second kappa shape index (κ2) is 12.1. The summed E-state index contributed by atoms with van der Waals surface area (Å²) in [7, 11) is 0. The molecule has 0 aromatic heterocycles. The summed E-state index contributed by atoms with van der Waals surface area (Å²) in [5.74, 6) is 0.372. The molecule has 5 heteroatoms. The molecule has 0 aliphatic heterocycles. The number of hydrogen-bond donors (Lipinski definition) is 1. The van der Waals surface area contributed by atoms with Crippen LogP contribution in [0.2, 0.25) is 0 Å². The first-order chi connectivity index (χ1) is 17.5. The van der Waals surface area contributed by atoms with Gasteiger partial charge >= 0.3 is 5.97 Å². The Balaban J connectivity index is 1.89. The molecule has 1 N–H and O–H groups in total. The molecule has 5 nitrogen and oxygen atoms in total. The van der Waals surface area contributed by atoms with Crippen molar-refractivity contribution in [3.8, 4) is 11.5 Å². The summed E-state index contributed by atoms with van der Waals surface area (Å²) in [6.07, 6.45) is 3.62. The fourth-order valence-electron chi connectivity index (χ4n) is 6.25. The van der Waals surface area contributed by atoms with Crippen molar-refractivity contribution in [1.82, 2.24) is 0 Å². The predicted octanol–water partition coefficient (Wildman–Crippen LogP) is 7.39. The van der Waals surface area contributed by atoms with Crippen molar-refractivity contribution in [1.29, 1.82) is 0 Å². The van der Waals surface area contributed by atoms with E-state index in [1.54, 1.807) is 0 Å². The van der Waals surface area contributed by atoms with Gasteiger partial charge in [0.15, 0.2) is 0 Å². The highest BCUT2D eigenvalue weighted by atomic mass is 16.5. The Hall–Kier alpha value is -2.82. The van der Waals surface area contributed by atoms with Crippen LogP contribution in [-0.4, -0.2) is 30.1 Å². The van der Waals surface area contributed by atoms with Crippen molar-refractivity contribution in [2.24, 2.45) is 16.7 Å². The predicted molar refractivity (Wildman–Crippen MR) is 148 cm³/mol. The minimum atomic E-state index is -0.946. The highest BCUT2D eigenvalue weighted by Crippen LogP contribution is 2.57. The number of Topliss-reactive ketones (excluding diaryl/α,β-unsaturated/α-hetero) is 1. The van der Waals surface area contributed by atoms with E-state index in [0.717, 1.165) is 35.5 Å². The Kier molecular flexibility index (Phi) is 9.44. The maximum atomic E-state index is 13.9. The average Bonchev–Trinajstić information content (AvgIpc) is 2.83. The van der Waals surface area contributed by atoms with E-state index < -0.39 is 11.4 Å². The van der Waals surface area contributed by atoms with Crippen LogP contribution in [0.1, 0.15) is 89.3 Å². The van der Waals surface area contributed by atoms with Crippen molar-refractivity contribution in [2.45, 2.75) is 86.0 Å². The standard InChI is InChI=1S/C32H44O5/c1-7-36-28-17-25(18-29(23(28)4)37-8-2)22(3)26(16-12-15-24-13-10-9-11-14-24)27(33)19-32(30(34)35)20-31(5,6)21-32/h9-11,13-14,17-18,22,26H,7-8,12,15-16,19-21H2,1-6H3,(H,34,35)/t22-,26?/m1/s1. The summed E-state index contributed by atoms with van der Waals surface area (Å²) in [5.41, 5.74) is 2.21. The molecule has 37 heavy (non-hydrogen) atoms. The van der Waals surface area contributed by atoms with E-state index in [-0.39, 0.29) is 29.5 Å². The monoisotopic (exact) mass is 508 g/mol. The Labute approximate surface area is 222 Å². The molecule has 0 spiro atoms.